The molecule has 0 radical (unpaired) electrons. The van der Waals surface area contributed by atoms with Crippen LogP contribution in [0.3, 0.4) is 0 Å². The van der Waals surface area contributed by atoms with Gasteiger partial charge in [0.05, 0.1) is 6.54 Å². The van der Waals surface area contributed by atoms with Crippen molar-refractivity contribution in [2.75, 3.05) is 13.1 Å². The van der Waals surface area contributed by atoms with Crippen LogP contribution in [0.15, 0.2) is 0 Å². The van der Waals surface area contributed by atoms with Crippen LogP contribution in [0.2, 0.25) is 4.47 Å². The molecule has 0 unspecified atom stereocenters. The molecule has 3 nitrogen and oxygen atoms in total. The van der Waals surface area contributed by atoms with Gasteiger partial charge in [-0.05, 0) is 49.1 Å². The molecule has 3 rings (SSSR count). The van der Waals surface area contributed by atoms with E-state index in [1.807, 2.05) is 0 Å². The van der Waals surface area contributed by atoms with E-state index in [-0.39, 0.29) is 0 Å². The van der Waals surface area contributed by atoms with E-state index in [0.29, 0.717) is 4.47 Å². The Morgan fingerprint density at radius 3 is 2.19 bits per heavy atom. The molecule has 0 bridgehead atoms. The van der Waals surface area contributed by atoms with E-state index in [2.05, 4.69) is 15.1 Å². The van der Waals surface area contributed by atoms with Crippen molar-refractivity contribution in [3.63, 3.8) is 0 Å². The van der Waals surface area contributed by atoms with Gasteiger partial charge in [0.15, 0.2) is 0 Å². The summed E-state index contributed by atoms with van der Waals surface area (Å²) in [7, 11) is 0. The highest BCUT2D eigenvalue weighted by Gasteiger charge is 2.29. The van der Waals surface area contributed by atoms with Crippen LogP contribution in [0.1, 0.15) is 30.7 Å². The molecular weight excluding hydrogens is 242 g/mol. The summed E-state index contributed by atoms with van der Waals surface area (Å²) in [6.45, 7) is 3.43. The molecule has 5 heteroatoms. The quantitative estimate of drug-likeness (QED) is 0.785. The second-order valence-corrected chi connectivity index (χ2v) is 6.67. The Kier molecular flexibility index (Phi) is 3.14. The van der Waals surface area contributed by atoms with Crippen molar-refractivity contribution in [1.29, 1.82) is 0 Å². The molecule has 1 aromatic rings. The molecule has 0 N–H and O–H groups in total. The van der Waals surface area contributed by atoms with Crippen molar-refractivity contribution in [2.45, 2.75) is 32.2 Å². The Balaban J connectivity index is 1.57. The van der Waals surface area contributed by atoms with Crippen LogP contribution in [-0.2, 0) is 6.54 Å². The van der Waals surface area contributed by atoms with Gasteiger partial charge in [0, 0.05) is 13.1 Å². The minimum absolute atomic E-state index is 0.563. The molecule has 16 heavy (non-hydrogen) atoms. The molecule has 2 aliphatic carbocycles. The molecule has 0 spiro atoms. The molecule has 2 aliphatic rings. The number of hydrogen-bond acceptors (Lipinski definition) is 4. The maximum Gasteiger partial charge on any atom is 0.207 e. The van der Waals surface area contributed by atoms with E-state index in [1.165, 1.54) is 50.1 Å². The molecule has 2 fully saturated rings. The predicted molar refractivity (Wildman–Crippen MR) is 65.6 cm³/mol. The first-order chi connectivity index (χ1) is 7.79. The lowest BCUT2D eigenvalue weighted by atomic mass is 10.3. The maximum atomic E-state index is 5.81. The Morgan fingerprint density at radius 1 is 1.12 bits per heavy atom. The van der Waals surface area contributed by atoms with Gasteiger partial charge < -0.3 is 0 Å². The first-order valence-electron chi connectivity index (χ1n) is 6.00. The first-order valence-corrected chi connectivity index (χ1v) is 7.19. The summed E-state index contributed by atoms with van der Waals surface area (Å²) < 4.78 is 0.563. The predicted octanol–water partition coefficient (Wildman–Crippen LogP) is 2.81. The third-order valence-electron chi connectivity index (χ3n) is 3.23. The van der Waals surface area contributed by atoms with E-state index in [4.69, 9.17) is 11.6 Å². The minimum Gasteiger partial charge on any atom is -0.296 e. The van der Waals surface area contributed by atoms with Gasteiger partial charge in [-0.2, -0.15) is 0 Å². The van der Waals surface area contributed by atoms with Crippen LogP contribution >= 0.6 is 22.9 Å². The zero-order valence-electron chi connectivity index (χ0n) is 9.23. The van der Waals surface area contributed by atoms with Crippen molar-refractivity contribution in [3.8, 4) is 0 Å². The molecule has 0 aliphatic heterocycles. The van der Waals surface area contributed by atoms with Gasteiger partial charge in [-0.1, -0.05) is 11.3 Å². The van der Waals surface area contributed by atoms with Gasteiger partial charge in [-0.25, -0.2) is 0 Å². The number of nitrogens with zero attached hydrogens (tertiary/aromatic N) is 3. The zero-order chi connectivity index (χ0) is 11.0. The van der Waals surface area contributed by atoms with E-state index >= 15 is 0 Å². The molecule has 1 aromatic heterocycles. The summed E-state index contributed by atoms with van der Waals surface area (Å²) in [6.07, 6.45) is 5.66. The average molecular weight is 258 g/mol. The van der Waals surface area contributed by atoms with Crippen LogP contribution in [0.5, 0.6) is 0 Å². The topological polar surface area (TPSA) is 29.0 Å². The van der Waals surface area contributed by atoms with Gasteiger partial charge >= 0.3 is 0 Å². The summed E-state index contributed by atoms with van der Waals surface area (Å²) in [5.41, 5.74) is 0. The summed E-state index contributed by atoms with van der Waals surface area (Å²) in [6, 6.07) is 0. The van der Waals surface area contributed by atoms with Gasteiger partial charge in [0.1, 0.15) is 5.01 Å². The van der Waals surface area contributed by atoms with Crippen LogP contribution in [0.4, 0.5) is 0 Å². The summed E-state index contributed by atoms with van der Waals surface area (Å²) >= 11 is 7.32. The lowest BCUT2D eigenvalue weighted by Crippen LogP contribution is -2.27. The Hall–Kier alpha value is -0.190. The number of halogens is 1. The molecular formula is C11H16ClN3S. The SMILES string of the molecule is Clc1nnc(CN(CC2CC2)CC2CC2)s1. The Morgan fingerprint density at radius 2 is 1.75 bits per heavy atom. The third-order valence-corrected chi connectivity index (χ3v) is 4.23. The van der Waals surface area contributed by atoms with Gasteiger partial charge in [-0.3, -0.25) is 4.90 Å². The molecule has 0 atom stereocenters. The standard InChI is InChI=1S/C11H16ClN3S/c12-11-14-13-10(16-11)7-15(5-8-1-2-8)6-9-3-4-9/h8-9H,1-7H2. The average Bonchev–Trinajstić information content (AvgIpc) is 3.13. The fourth-order valence-corrected chi connectivity index (χ4v) is 2.93. The van der Waals surface area contributed by atoms with Crippen molar-refractivity contribution in [3.05, 3.63) is 9.47 Å². The van der Waals surface area contributed by atoms with Crippen LogP contribution in [0, 0.1) is 11.8 Å². The fraction of sp³-hybridized carbons (Fsp3) is 0.818. The molecule has 1 heterocycles. The summed E-state index contributed by atoms with van der Waals surface area (Å²) in [5, 5.41) is 9.03. The monoisotopic (exact) mass is 257 g/mol. The van der Waals surface area contributed by atoms with Crippen LogP contribution in [-0.4, -0.2) is 28.2 Å². The van der Waals surface area contributed by atoms with Crippen molar-refractivity contribution < 1.29 is 0 Å². The van der Waals surface area contributed by atoms with Gasteiger partial charge in [-0.15, -0.1) is 10.2 Å². The van der Waals surface area contributed by atoms with E-state index in [9.17, 15) is 0 Å². The second-order valence-electron chi connectivity index (χ2n) is 5.03. The molecule has 2 saturated carbocycles. The molecule has 0 aromatic carbocycles. The highest BCUT2D eigenvalue weighted by atomic mass is 35.5. The van der Waals surface area contributed by atoms with Crippen LogP contribution in [0.25, 0.3) is 0 Å². The van der Waals surface area contributed by atoms with Crippen molar-refractivity contribution >= 4 is 22.9 Å². The van der Waals surface area contributed by atoms with E-state index in [0.717, 1.165) is 23.4 Å². The van der Waals surface area contributed by atoms with Gasteiger partial charge in [0.2, 0.25) is 4.47 Å². The van der Waals surface area contributed by atoms with Gasteiger partial charge in [0.25, 0.3) is 0 Å². The van der Waals surface area contributed by atoms with Crippen molar-refractivity contribution in [1.82, 2.24) is 15.1 Å². The third kappa shape index (κ3) is 3.15. The minimum atomic E-state index is 0.563. The fourth-order valence-electron chi connectivity index (χ4n) is 2.02. The smallest absolute Gasteiger partial charge is 0.207 e. The summed E-state index contributed by atoms with van der Waals surface area (Å²) in [5.74, 6) is 1.89. The highest BCUT2D eigenvalue weighted by molar-refractivity contribution is 7.15. The number of rotatable bonds is 6. The lowest BCUT2D eigenvalue weighted by Gasteiger charge is -2.20. The summed E-state index contributed by atoms with van der Waals surface area (Å²) in [4.78, 5) is 2.55. The Bertz CT molecular complexity index is 346. The second kappa shape index (κ2) is 4.59. The van der Waals surface area contributed by atoms with Crippen molar-refractivity contribution in [2.24, 2.45) is 11.8 Å². The maximum absolute atomic E-state index is 5.81. The first kappa shape index (κ1) is 10.9. The number of aromatic nitrogens is 2. The Labute approximate surface area is 105 Å². The molecule has 0 amide bonds. The number of hydrogen-bond donors (Lipinski definition) is 0. The lowest BCUT2D eigenvalue weighted by molar-refractivity contribution is 0.243. The molecule has 88 valence electrons. The normalized spacial score (nSPS) is 20.6. The highest BCUT2D eigenvalue weighted by Crippen LogP contribution is 2.34. The zero-order valence-corrected chi connectivity index (χ0v) is 10.8. The van der Waals surface area contributed by atoms with Crippen LogP contribution < -0.4 is 0 Å². The molecule has 0 saturated heterocycles. The largest absolute Gasteiger partial charge is 0.296 e. The van der Waals surface area contributed by atoms with E-state index in [1.54, 1.807) is 0 Å². The van der Waals surface area contributed by atoms with E-state index < -0.39 is 0 Å².